The maximum absolute atomic E-state index is 12.8. The second-order valence-electron chi connectivity index (χ2n) is 6.47. The van der Waals surface area contributed by atoms with Crippen LogP contribution in [0.25, 0.3) is 0 Å². The number of benzene rings is 2. The van der Waals surface area contributed by atoms with E-state index in [1.54, 1.807) is 48.5 Å². The van der Waals surface area contributed by atoms with Gasteiger partial charge in [-0.15, -0.1) is 0 Å². The van der Waals surface area contributed by atoms with Crippen LogP contribution in [0.5, 0.6) is 0 Å². The second kappa shape index (κ2) is 9.84. The van der Waals surface area contributed by atoms with Gasteiger partial charge in [-0.2, -0.15) is 13.1 Å². The molecule has 0 radical (unpaired) electrons. The molecule has 1 saturated heterocycles. The standard InChI is InChI=1S/C19H21F2N3O2S3/c20-18(21)28-16-9-7-14(8-10-16)22-19(27)23-15-5-4-6-17(13-15)29(25,26)24-11-2-1-3-12-24/h4-10,13,18H,1-3,11-12H2,(H2,22,23,27). The Balaban J connectivity index is 1.64. The van der Waals surface area contributed by atoms with Gasteiger partial charge < -0.3 is 10.6 Å². The Morgan fingerprint density at radius 2 is 1.66 bits per heavy atom. The monoisotopic (exact) mass is 457 g/mol. The highest BCUT2D eigenvalue weighted by Crippen LogP contribution is 2.26. The van der Waals surface area contributed by atoms with Crippen molar-refractivity contribution in [3.8, 4) is 0 Å². The van der Waals surface area contributed by atoms with Gasteiger partial charge in [0.1, 0.15) is 0 Å². The lowest BCUT2D eigenvalue weighted by Crippen LogP contribution is -2.35. The van der Waals surface area contributed by atoms with Gasteiger partial charge in [-0.1, -0.05) is 24.2 Å². The number of halogens is 2. The molecule has 0 aliphatic carbocycles. The van der Waals surface area contributed by atoms with Crippen molar-refractivity contribution in [2.45, 2.75) is 34.8 Å². The molecule has 1 fully saturated rings. The zero-order chi connectivity index (χ0) is 20.9. The lowest BCUT2D eigenvalue weighted by Gasteiger charge is -2.26. The predicted octanol–water partition coefficient (Wildman–Crippen LogP) is 4.98. The Morgan fingerprint density at radius 1 is 1.00 bits per heavy atom. The number of hydrogen-bond donors (Lipinski definition) is 2. The number of thiocarbonyl (C=S) groups is 1. The SMILES string of the molecule is O=S(=O)(c1cccc(NC(=S)Nc2ccc(SC(F)F)cc2)c1)N1CCCCC1. The number of hydrogen-bond acceptors (Lipinski definition) is 4. The molecule has 0 unspecified atom stereocenters. The molecule has 0 bridgehead atoms. The van der Waals surface area contributed by atoms with Gasteiger partial charge in [-0.05, 0) is 67.5 Å². The number of nitrogens with one attached hydrogen (secondary N) is 2. The van der Waals surface area contributed by atoms with Gasteiger partial charge in [0.15, 0.2) is 5.11 Å². The molecule has 1 aliphatic rings. The van der Waals surface area contributed by atoms with Crippen LogP contribution in [0, 0.1) is 0 Å². The van der Waals surface area contributed by atoms with Gasteiger partial charge in [-0.25, -0.2) is 8.42 Å². The molecule has 3 rings (SSSR count). The highest BCUT2D eigenvalue weighted by molar-refractivity contribution is 7.99. The number of anilines is 2. The highest BCUT2D eigenvalue weighted by atomic mass is 32.2. The van der Waals surface area contributed by atoms with Crippen LogP contribution in [0.1, 0.15) is 19.3 Å². The van der Waals surface area contributed by atoms with Crippen LogP contribution in [-0.4, -0.2) is 36.7 Å². The molecule has 0 amide bonds. The molecular weight excluding hydrogens is 436 g/mol. The van der Waals surface area contributed by atoms with Crippen molar-refractivity contribution in [2.24, 2.45) is 0 Å². The summed E-state index contributed by atoms with van der Waals surface area (Å²) in [6.07, 6.45) is 2.80. The maximum Gasteiger partial charge on any atom is 0.288 e. The fraction of sp³-hybridized carbons (Fsp3) is 0.316. The minimum absolute atomic E-state index is 0.223. The summed E-state index contributed by atoms with van der Waals surface area (Å²) in [5.41, 5.74) is 1.18. The number of piperidine rings is 1. The first kappa shape index (κ1) is 21.9. The van der Waals surface area contributed by atoms with Gasteiger partial charge in [0.25, 0.3) is 5.76 Å². The van der Waals surface area contributed by atoms with E-state index in [9.17, 15) is 17.2 Å². The van der Waals surface area contributed by atoms with E-state index in [-0.39, 0.29) is 10.0 Å². The van der Waals surface area contributed by atoms with Gasteiger partial charge in [0, 0.05) is 29.4 Å². The Labute approximate surface area is 178 Å². The molecule has 0 spiro atoms. The normalized spacial score (nSPS) is 15.3. The Bertz CT molecular complexity index is 947. The molecule has 2 N–H and O–H groups in total. The smallest absolute Gasteiger partial charge is 0.288 e. The zero-order valence-electron chi connectivity index (χ0n) is 15.5. The lowest BCUT2D eigenvalue weighted by atomic mass is 10.2. The molecule has 0 atom stereocenters. The minimum Gasteiger partial charge on any atom is -0.332 e. The number of thioether (sulfide) groups is 1. The van der Waals surface area contributed by atoms with Gasteiger partial charge in [0.05, 0.1) is 4.90 Å². The fourth-order valence-corrected chi connectivity index (χ4v) is 5.30. The molecule has 0 aromatic heterocycles. The number of rotatable bonds is 6. The van der Waals surface area contributed by atoms with Crippen molar-refractivity contribution in [3.05, 3.63) is 48.5 Å². The van der Waals surface area contributed by atoms with Crippen molar-refractivity contribution < 1.29 is 17.2 Å². The van der Waals surface area contributed by atoms with Gasteiger partial charge in [-0.3, -0.25) is 0 Å². The Kier molecular flexibility index (Phi) is 7.44. The van der Waals surface area contributed by atoms with E-state index in [2.05, 4.69) is 10.6 Å². The summed E-state index contributed by atoms with van der Waals surface area (Å²) in [5, 5.41) is 6.19. The Morgan fingerprint density at radius 3 is 2.31 bits per heavy atom. The van der Waals surface area contributed by atoms with E-state index in [1.165, 1.54) is 4.31 Å². The van der Waals surface area contributed by atoms with Crippen LogP contribution in [-0.2, 0) is 10.0 Å². The summed E-state index contributed by atoms with van der Waals surface area (Å²) in [4.78, 5) is 0.681. The van der Waals surface area contributed by atoms with E-state index in [0.717, 1.165) is 19.3 Å². The van der Waals surface area contributed by atoms with E-state index >= 15 is 0 Å². The highest BCUT2D eigenvalue weighted by Gasteiger charge is 2.26. The molecule has 0 saturated carbocycles. The molecule has 2 aromatic rings. The van der Waals surface area contributed by atoms with Crippen molar-refractivity contribution in [3.63, 3.8) is 0 Å². The van der Waals surface area contributed by atoms with E-state index < -0.39 is 15.8 Å². The zero-order valence-corrected chi connectivity index (χ0v) is 17.9. The minimum atomic E-state index is -3.53. The molecule has 2 aromatic carbocycles. The van der Waals surface area contributed by atoms with Crippen molar-refractivity contribution in [2.75, 3.05) is 23.7 Å². The summed E-state index contributed by atoms with van der Waals surface area (Å²) < 4.78 is 51.9. The first-order valence-corrected chi connectivity index (χ1v) is 11.8. The summed E-state index contributed by atoms with van der Waals surface area (Å²) in [5.74, 6) is -2.47. The average Bonchev–Trinajstić information content (AvgIpc) is 2.70. The molecular formula is C19H21F2N3O2S3. The third-order valence-electron chi connectivity index (χ3n) is 4.38. The summed E-state index contributed by atoms with van der Waals surface area (Å²) in [7, 11) is -3.53. The largest absolute Gasteiger partial charge is 0.332 e. The number of nitrogens with zero attached hydrogens (tertiary/aromatic N) is 1. The second-order valence-corrected chi connectivity index (χ2v) is 9.88. The third-order valence-corrected chi connectivity index (χ3v) is 7.20. The Hall–Kier alpha value is -1.75. The van der Waals surface area contributed by atoms with Crippen LogP contribution >= 0.6 is 24.0 Å². The van der Waals surface area contributed by atoms with Crippen molar-refractivity contribution >= 4 is 50.5 Å². The molecule has 10 heteroatoms. The fourth-order valence-electron chi connectivity index (χ4n) is 3.00. The van der Waals surface area contributed by atoms with Gasteiger partial charge in [0.2, 0.25) is 10.0 Å². The van der Waals surface area contributed by atoms with E-state index in [1.807, 2.05) is 0 Å². The van der Waals surface area contributed by atoms with Crippen LogP contribution in [0.3, 0.4) is 0 Å². The molecule has 156 valence electrons. The topological polar surface area (TPSA) is 61.4 Å². The summed E-state index contributed by atoms with van der Waals surface area (Å²) in [6.45, 7) is 1.08. The van der Waals surface area contributed by atoms with Crippen molar-refractivity contribution in [1.29, 1.82) is 0 Å². The van der Waals surface area contributed by atoms with E-state index in [0.29, 0.717) is 41.1 Å². The predicted molar refractivity (Wildman–Crippen MR) is 117 cm³/mol. The first-order valence-electron chi connectivity index (χ1n) is 9.08. The maximum atomic E-state index is 12.8. The quantitative estimate of drug-likeness (QED) is 0.471. The molecule has 1 heterocycles. The van der Waals surface area contributed by atoms with Gasteiger partial charge >= 0.3 is 0 Å². The van der Waals surface area contributed by atoms with Crippen LogP contribution in [0.2, 0.25) is 0 Å². The van der Waals surface area contributed by atoms with Crippen molar-refractivity contribution in [1.82, 2.24) is 4.31 Å². The van der Waals surface area contributed by atoms with E-state index in [4.69, 9.17) is 12.2 Å². The number of sulfonamides is 1. The molecule has 5 nitrogen and oxygen atoms in total. The molecule has 1 aliphatic heterocycles. The van der Waals surface area contributed by atoms with Crippen LogP contribution < -0.4 is 10.6 Å². The van der Waals surface area contributed by atoms with Crippen LogP contribution in [0.15, 0.2) is 58.3 Å². The summed E-state index contributed by atoms with van der Waals surface area (Å²) in [6, 6.07) is 13.0. The van der Waals surface area contributed by atoms with Crippen LogP contribution in [0.4, 0.5) is 20.2 Å². The lowest BCUT2D eigenvalue weighted by molar-refractivity contribution is 0.252. The molecule has 29 heavy (non-hydrogen) atoms. The average molecular weight is 458 g/mol. The third kappa shape index (κ3) is 6.11. The first-order chi connectivity index (χ1) is 13.8. The summed E-state index contributed by atoms with van der Waals surface area (Å²) >= 11 is 5.75. The number of alkyl halides is 2.